The van der Waals surface area contributed by atoms with Crippen LogP contribution in [0.4, 0.5) is 8.78 Å². The fourth-order valence-corrected chi connectivity index (χ4v) is 3.46. The minimum Gasteiger partial charge on any atom is -0.478 e. The third-order valence-corrected chi connectivity index (χ3v) is 4.44. The standard InChI is InChI=1S/C17H15F2NO3/c1-8-14(17(22)23)15(9-5-6-10(18)11(19)7-9)16-12(20-8)3-2-4-13(16)21/h5-7,15-16H,2-4H2,1H3,(H,22,23). The molecule has 0 bridgehead atoms. The fraction of sp³-hybridized carbons (Fsp3) is 0.353. The molecule has 2 unspecified atom stereocenters. The number of fused-ring (bicyclic) bond motifs is 1. The van der Waals surface area contributed by atoms with Crippen LogP contribution in [0.3, 0.4) is 0 Å². The summed E-state index contributed by atoms with van der Waals surface area (Å²) in [5, 5.41) is 9.53. The van der Waals surface area contributed by atoms with E-state index in [0.717, 1.165) is 12.1 Å². The van der Waals surface area contributed by atoms with Crippen molar-refractivity contribution < 1.29 is 23.5 Å². The molecule has 1 aliphatic carbocycles. The molecule has 1 N–H and O–H groups in total. The summed E-state index contributed by atoms with van der Waals surface area (Å²) >= 11 is 0. The quantitative estimate of drug-likeness (QED) is 0.910. The van der Waals surface area contributed by atoms with Crippen LogP contribution in [0.5, 0.6) is 0 Å². The molecule has 0 spiro atoms. The molecule has 1 heterocycles. The van der Waals surface area contributed by atoms with Crippen molar-refractivity contribution in [2.45, 2.75) is 32.1 Å². The molecule has 1 aromatic carbocycles. The molecular weight excluding hydrogens is 304 g/mol. The number of aliphatic carboxylic acids is 1. The van der Waals surface area contributed by atoms with Crippen molar-refractivity contribution in [1.29, 1.82) is 0 Å². The molecule has 1 fully saturated rings. The number of carbonyl (C=O) groups excluding carboxylic acids is 1. The van der Waals surface area contributed by atoms with Gasteiger partial charge in [0, 0.05) is 23.7 Å². The molecule has 1 aromatic rings. The second-order valence-corrected chi connectivity index (χ2v) is 5.86. The van der Waals surface area contributed by atoms with E-state index in [0.29, 0.717) is 30.7 Å². The van der Waals surface area contributed by atoms with E-state index in [1.54, 1.807) is 6.92 Å². The maximum absolute atomic E-state index is 13.6. The monoisotopic (exact) mass is 319 g/mol. The lowest BCUT2D eigenvalue weighted by atomic mass is 9.69. The summed E-state index contributed by atoms with van der Waals surface area (Å²) in [6, 6.07) is 3.27. The Kier molecular flexibility index (Phi) is 3.83. The fourth-order valence-electron chi connectivity index (χ4n) is 3.46. The van der Waals surface area contributed by atoms with Crippen molar-refractivity contribution in [3.63, 3.8) is 0 Å². The highest BCUT2D eigenvalue weighted by Gasteiger charge is 2.43. The number of Topliss-reactive ketones (excluding diaryl/α,β-unsaturated/α-hetero) is 1. The highest BCUT2D eigenvalue weighted by Crippen LogP contribution is 2.42. The second-order valence-electron chi connectivity index (χ2n) is 5.86. The molecule has 1 aliphatic heterocycles. The number of carboxylic acids is 1. The summed E-state index contributed by atoms with van der Waals surface area (Å²) in [5.74, 6) is -4.90. The van der Waals surface area contributed by atoms with Gasteiger partial charge in [-0.05, 0) is 37.5 Å². The number of aliphatic imine (C=N–C) groups is 1. The molecule has 0 aromatic heterocycles. The van der Waals surface area contributed by atoms with Crippen molar-refractivity contribution >= 4 is 17.5 Å². The summed E-state index contributed by atoms with van der Waals surface area (Å²) < 4.78 is 26.8. The van der Waals surface area contributed by atoms with Crippen molar-refractivity contribution in [2.24, 2.45) is 10.9 Å². The van der Waals surface area contributed by atoms with Crippen LogP contribution >= 0.6 is 0 Å². The van der Waals surface area contributed by atoms with Gasteiger partial charge < -0.3 is 5.11 Å². The van der Waals surface area contributed by atoms with Gasteiger partial charge in [0.15, 0.2) is 11.6 Å². The Morgan fingerprint density at radius 2 is 1.96 bits per heavy atom. The Labute approximate surface area is 131 Å². The van der Waals surface area contributed by atoms with Gasteiger partial charge in [0.05, 0.1) is 11.5 Å². The van der Waals surface area contributed by atoms with Gasteiger partial charge in [-0.15, -0.1) is 0 Å². The van der Waals surface area contributed by atoms with Gasteiger partial charge in [0.2, 0.25) is 0 Å². The largest absolute Gasteiger partial charge is 0.478 e. The molecule has 6 heteroatoms. The number of ketones is 1. The number of allylic oxidation sites excluding steroid dienone is 1. The predicted octanol–water partition coefficient (Wildman–Crippen LogP) is 3.23. The maximum Gasteiger partial charge on any atom is 0.334 e. The van der Waals surface area contributed by atoms with E-state index in [1.165, 1.54) is 6.07 Å². The predicted molar refractivity (Wildman–Crippen MR) is 79.2 cm³/mol. The van der Waals surface area contributed by atoms with E-state index in [1.807, 2.05) is 0 Å². The first kappa shape index (κ1) is 15.5. The van der Waals surface area contributed by atoms with Gasteiger partial charge in [-0.1, -0.05) is 6.07 Å². The SMILES string of the molecule is CC1=C(C(=O)O)C(c2ccc(F)c(F)c2)C2C(=O)CCCC2=N1. The van der Waals surface area contributed by atoms with Gasteiger partial charge in [0.1, 0.15) is 5.78 Å². The minimum absolute atomic E-state index is 0.0278. The normalized spacial score (nSPS) is 24.3. The molecule has 4 nitrogen and oxygen atoms in total. The number of hydrogen-bond acceptors (Lipinski definition) is 3. The molecule has 1 saturated carbocycles. The Hall–Kier alpha value is -2.37. The molecule has 120 valence electrons. The molecule has 0 saturated heterocycles. The van der Waals surface area contributed by atoms with Gasteiger partial charge >= 0.3 is 5.97 Å². The molecule has 0 radical (unpaired) electrons. The molecular formula is C17H15F2NO3. The summed E-state index contributed by atoms with van der Waals surface area (Å²) in [7, 11) is 0. The van der Waals surface area contributed by atoms with Gasteiger partial charge in [-0.2, -0.15) is 0 Å². The van der Waals surface area contributed by atoms with Crippen LogP contribution < -0.4 is 0 Å². The number of carbonyl (C=O) groups is 2. The Bertz CT molecular complexity index is 767. The zero-order valence-corrected chi connectivity index (χ0v) is 12.5. The first-order valence-electron chi connectivity index (χ1n) is 7.39. The zero-order valence-electron chi connectivity index (χ0n) is 12.5. The number of hydrogen-bond donors (Lipinski definition) is 1. The van der Waals surface area contributed by atoms with E-state index in [9.17, 15) is 23.5 Å². The summed E-state index contributed by atoms with van der Waals surface area (Å²) in [6.07, 6.45) is 1.63. The Morgan fingerprint density at radius 3 is 2.61 bits per heavy atom. The number of benzene rings is 1. The van der Waals surface area contributed by atoms with Crippen LogP contribution in [-0.2, 0) is 9.59 Å². The number of rotatable bonds is 2. The van der Waals surface area contributed by atoms with Gasteiger partial charge in [-0.3, -0.25) is 9.79 Å². The third kappa shape index (κ3) is 2.58. The van der Waals surface area contributed by atoms with E-state index in [4.69, 9.17) is 0 Å². The smallest absolute Gasteiger partial charge is 0.334 e. The molecule has 2 aliphatic rings. The van der Waals surface area contributed by atoms with E-state index >= 15 is 0 Å². The third-order valence-electron chi connectivity index (χ3n) is 4.44. The Balaban J connectivity index is 2.19. The van der Waals surface area contributed by atoms with E-state index in [-0.39, 0.29) is 16.9 Å². The highest BCUT2D eigenvalue weighted by molar-refractivity contribution is 6.11. The van der Waals surface area contributed by atoms with Gasteiger partial charge in [-0.25, -0.2) is 13.6 Å². The van der Waals surface area contributed by atoms with Crippen LogP contribution in [0, 0.1) is 17.6 Å². The van der Waals surface area contributed by atoms with Crippen LogP contribution in [0.2, 0.25) is 0 Å². The lowest BCUT2D eigenvalue weighted by molar-refractivity contribution is -0.133. The number of carboxylic acid groups (broad SMARTS) is 1. The molecule has 0 amide bonds. The van der Waals surface area contributed by atoms with Crippen LogP contribution in [0.1, 0.15) is 37.7 Å². The topological polar surface area (TPSA) is 66.7 Å². The zero-order chi connectivity index (χ0) is 16.7. The highest BCUT2D eigenvalue weighted by atomic mass is 19.2. The Morgan fingerprint density at radius 1 is 1.22 bits per heavy atom. The van der Waals surface area contributed by atoms with Crippen molar-refractivity contribution in [3.8, 4) is 0 Å². The summed E-state index contributed by atoms with van der Waals surface area (Å²) in [6.45, 7) is 1.57. The van der Waals surface area contributed by atoms with Crippen molar-refractivity contribution in [3.05, 3.63) is 46.7 Å². The second kappa shape index (κ2) is 5.68. The first-order chi connectivity index (χ1) is 10.9. The molecule has 23 heavy (non-hydrogen) atoms. The maximum atomic E-state index is 13.6. The van der Waals surface area contributed by atoms with Gasteiger partial charge in [0.25, 0.3) is 0 Å². The van der Waals surface area contributed by atoms with Crippen LogP contribution in [0.25, 0.3) is 0 Å². The molecule has 3 rings (SSSR count). The average Bonchev–Trinajstić information content (AvgIpc) is 2.48. The number of nitrogens with zero attached hydrogens (tertiary/aromatic N) is 1. The lowest BCUT2D eigenvalue weighted by Crippen LogP contribution is -2.38. The molecule has 2 atom stereocenters. The summed E-state index contributed by atoms with van der Waals surface area (Å²) in [5.41, 5.74) is 1.21. The van der Waals surface area contributed by atoms with Crippen LogP contribution in [0.15, 0.2) is 34.5 Å². The van der Waals surface area contributed by atoms with Crippen LogP contribution in [-0.4, -0.2) is 22.6 Å². The summed E-state index contributed by atoms with van der Waals surface area (Å²) in [4.78, 5) is 28.3. The number of halogens is 2. The average molecular weight is 319 g/mol. The van der Waals surface area contributed by atoms with E-state index < -0.39 is 29.4 Å². The first-order valence-corrected chi connectivity index (χ1v) is 7.39. The van der Waals surface area contributed by atoms with Crippen molar-refractivity contribution in [2.75, 3.05) is 0 Å². The minimum atomic E-state index is -1.20. The lowest BCUT2D eigenvalue weighted by Gasteiger charge is -2.35. The van der Waals surface area contributed by atoms with E-state index in [2.05, 4.69) is 4.99 Å². The van der Waals surface area contributed by atoms with Crippen molar-refractivity contribution in [1.82, 2.24) is 0 Å².